The fourth-order valence-electron chi connectivity index (χ4n) is 5.43. The Hall–Kier alpha value is -3.29. The van der Waals surface area contributed by atoms with Crippen LogP contribution in [-0.2, 0) is 0 Å². The van der Waals surface area contributed by atoms with E-state index in [9.17, 15) is 0 Å². The first-order chi connectivity index (χ1) is 15.7. The molecule has 32 heavy (non-hydrogen) atoms. The maximum atomic E-state index is 4.71. The first-order valence-electron chi connectivity index (χ1n) is 11.2. The minimum Gasteiger partial charge on any atom is -0.143 e. The van der Waals surface area contributed by atoms with E-state index in [-0.39, 0.29) is 0 Å². The molecule has 2 atom stereocenters. The van der Waals surface area contributed by atoms with Crippen molar-refractivity contribution in [1.82, 2.24) is 0 Å². The average molecular weight is 429 g/mol. The molecule has 4 aromatic rings. The van der Waals surface area contributed by atoms with Crippen molar-refractivity contribution >= 4 is 12.6 Å². The van der Waals surface area contributed by atoms with E-state index in [0.717, 1.165) is 4.90 Å². The van der Waals surface area contributed by atoms with Crippen LogP contribution in [0.2, 0.25) is 0 Å². The lowest BCUT2D eigenvalue weighted by atomic mass is 9.69. The molecule has 0 aliphatic heterocycles. The lowest BCUT2D eigenvalue weighted by molar-refractivity contribution is 0.720. The quantitative estimate of drug-likeness (QED) is 0.304. The summed E-state index contributed by atoms with van der Waals surface area (Å²) in [5, 5.41) is 0. The van der Waals surface area contributed by atoms with E-state index < -0.39 is 0 Å². The summed E-state index contributed by atoms with van der Waals surface area (Å²) in [7, 11) is 0. The molecule has 154 valence electrons. The molecule has 4 aromatic carbocycles. The number of rotatable bonds is 2. The molecular formula is C31H24S. The molecule has 0 bridgehead atoms. The molecule has 0 aromatic heterocycles. The molecule has 0 saturated carbocycles. The predicted molar refractivity (Wildman–Crippen MR) is 139 cm³/mol. The summed E-state index contributed by atoms with van der Waals surface area (Å²) in [5.41, 5.74) is 11.9. The van der Waals surface area contributed by atoms with Crippen molar-refractivity contribution in [2.75, 3.05) is 0 Å². The Bertz CT molecular complexity index is 1410. The molecule has 0 saturated heterocycles. The Morgan fingerprint density at radius 2 is 1.19 bits per heavy atom. The van der Waals surface area contributed by atoms with Crippen LogP contribution in [0.1, 0.15) is 28.5 Å². The minimum atomic E-state index is 0.381. The highest BCUT2D eigenvalue weighted by atomic mass is 32.1. The van der Waals surface area contributed by atoms with Gasteiger partial charge in [0, 0.05) is 16.7 Å². The Labute approximate surface area is 195 Å². The standard InChI is InChI=1S/C31H24S/c1-20-22(14-8-15-23(20)29-13-6-7-16-31(29)32)21-17-18-28-26-11-3-2-9-24(26)25-10-4-5-12-27(25)30(28)19-21/h2-19,25,27,32H,1H3. The molecule has 2 unspecified atom stereocenters. The number of hydrogen-bond acceptors (Lipinski definition) is 1. The summed E-state index contributed by atoms with van der Waals surface area (Å²) < 4.78 is 0. The highest BCUT2D eigenvalue weighted by molar-refractivity contribution is 7.80. The third-order valence-electron chi connectivity index (χ3n) is 6.99. The molecular weight excluding hydrogens is 404 g/mol. The van der Waals surface area contributed by atoms with E-state index in [2.05, 4.69) is 110 Å². The van der Waals surface area contributed by atoms with Crippen molar-refractivity contribution < 1.29 is 0 Å². The van der Waals surface area contributed by atoms with Crippen LogP contribution in [-0.4, -0.2) is 0 Å². The van der Waals surface area contributed by atoms with Gasteiger partial charge in [0.2, 0.25) is 0 Å². The van der Waals surface area contributed by atoms with E-state index >= 15 is 0 Å². The van der Waals surface area contributed by atoms with Crippen LogP contribution >= 0.6 is 12.6 Å². The lowest BCUT2D eigenvalue weighted by Gasteiger charge is -2.34. The Morgan fingerprint density at radius 3 is 2.00 bits per heavy atom. The van der Waals surface area contributed by atoms with Crippen molar-refractivity contribution in [2.45, 2.75) is 23.7 Å². The molecule has 0 spiro atoms. The summed E-state index contributed by atoms with van der Waals surface area (Å²) in [4.78, 5) is 1.01. The summed E-state index contributed by atoms with van der Waals surface area (Å²) in [6.07, 6.45) is 9.11. The zero-order valence-electron chi connectivity index (χ0n) is 18.0. The van der Waals surface area contributed by atoms with E-state index in [1.54, 1.807) is 0 Å². The van der Waals surface area contributed by atoms with Crippen molar-refractivity contribution in [3.05, 3.63) is 126 Å². The Kier molecular flexibility index (Phi) is 4.66. The lowest BCUT2D eigenvalue weighted by Crippen LogP contribution is -2.16. The molecule has 0 radical (unpaired) electrons. The Balaban J connectivity index is 1.53. The van der Waals surface area contributed by atoms with Crippen molar-refractivity contribution in [1.29, 1.82) is 0 Å². The van der Waals surface area contributed by atoms with Gasteiger partial charge in [-0.25, -0.2) is 0 Å². The smallest absolute Gasteiger partial charge is 0.0131 e. The summed E-state index contributed by atoms with van der Waals surface area (Å²) in [6.45, 7) is 2.23. The van der Waals surface area contributed by atoms with Gasteiger partial charge in [0.05, 0.1) is 0 Å². The summed E-state index contributed by atoms with van der Waals surface area (Å²) in [5.74, 6) is 0.786. The fraction of sp³-hybridized carbons (Fsp3) is 0.0968. The molecule has 0 nitrogen and oxygen atoms in total. The van der Waals surface area contributed by atoms with Crippen LogP contribution in [0.4, 0.5) is 0 Å². The maximum absolute atomic E-state index is 4.71. The third kappa shape index (κ3) is 3.00. The zero-order chi connectivity index (χ0) is 21.7. The molecule has 0 N–H and O–H groups in total. The monoisotopic (exact) mass is 428 g/mol. The maximum Gasteiger partial charge on any atom is 0.0131 e. The molecule has 2 aliphatic carbocycles. The fourth-order valence-corrected chi connectivity index (χ4v) is 5.71. The van der Waals surface area contributed by atoms with Gasteiger partial charge in [0.1, 0.15) is 0 Å². The zero-order valence-corrected chi connectivity index (χ0v) is 18.9. The van der Waals surface area contributed by atoms with Crippen molar-refractivity contribution in [3.8, 4) is 33.4 Å². The van der Waals surface area contributed by atoms with Crippen LogP contribution in [0, 0.1) is 6.92 Å². The van der Waals surface area contributed by atoms with E-state index in [4.69, 9.17) is 12.6 Å². The van der Waals surface area contributed by atoms with Gasteiger partial charge in [-0.3, -0.25) is 0 Å². The van der Waals surface area contributed by atoms with Gasteiger partial charge in [-0.2, -0.15) is 0 Å². The molecule has 0 fully saturated rings. The third-order valence-corrected chi connectivity index (χ3v) is 7.38. The van der Waals surface area contributed by atoms with Gasteiger partial charge in [-0.15, -0.1) is 12.6 Å². The SMILES string of the molecule is Cc1c(-c2ccc3c(c2)C2C=CC=CC2c2ccccc2-3)cccc1-c1ccccc1S. The van der Waals surface area contributed by atoms with Gasteiger partial charge >= 0.3 is 0 Å². The topological polar surface area (TPSA) is 0 Å². The van der Waals surface area contributed by atoms with Crippen LogP contribution in [0.5, 0.6) is 0 Å². The normalized spacial score (nSPS) is 18.1. The molecule has 1 heteroatoms. The molecule has 0 heterocycles. The summed E-state index contributed by atoms with van der Waals surface area (Å²) >= 11 is 4.71. The second-order valence-electron chi connectivity index (χ2n) is 8.71. The first-order valence-corrected chi connectivity index (χ1v) is 11.6. The Morgan fingerprint density at radius 1 is 0.562 bits per heavy atom. The van der Waals surface area contributed by atoms with Gasteiger partial charge in [-0.05, 0) is 69.1 Å². The molecule has 2 aliphatic rings. The number of fused-ring (bicyclic) bond motifs is 6. The van der Waals surface area contributed by atoms with E-state index in [1.165, 1.54) is 50.1 Å². The van der Waals surface area contributed by atoms with Crippen LogP contribution < -0.4 is 0 Å². The number of allylic oxidation sites excluding steroid dienone is 4. The van der Waals surface area contributed by atoms with Gasteiger partial charge in [-0.1, -0.05) is 97.1 Å². The summed E-state index contributed by atoms with van der Waals surface area (Å²) in [6, 6.07) is 30.9. The van der Waals surface area contributed by atoms with Crippen LogP contribution in [0.25, 0.3) is 33.4 Å². The molecule has 0 amide bonds. The average Bonchev–Trinajstić information content (AvgIpc) is 2.85. The minimum absolute atomic E-state index is 0.381. The van der Waals surface area contributed by atoms with Crippen molar-refractivity contribution in [2.24, 2.45) is 0 Å². The largest absolute Gasteiger partial charge is 0.143 e. The van der Waals surface area contributed by atoms with E-state index in [0.29, 0.717) is 11.8 Å². The van der Waals surface area contributed by atoms with Crippen LogP contribution in [0.15, 0.2) is 114 Å². The van der Waals surface area contributed by atoms with Gasteiger partial charge in [0.15, 0.2) is 0 Å². The molecule has 6 rings (SSSR count). The van der Waals surface area contributed by atoms with Crippen molar-refractivity contribution in [3.63, 3.8) is 0 Å². The second-order valence-corrected chi connectivity index (χ2v) is 9.19. The van der Waals surface area contributed by atoms with Gasteiger partial charge < -0.3 is 0 Å². The highest BCUT2D eigenvalue weighted by Gasteiger charge is 2.31. The van der Waals surface area contributed by atoms with Gasteiger partial charge in [0.25, 0.3) is 0 Å². The second kappa shape index (κ2) is 7.69. The number of thiol groups is 1. The predicted octanol–water partition coefficient (Wildman–Crippen LogP) is 8.59. The van der Waals surface area contributed by atoms with E-state index in [1.807, 2.05) is 6.07 Å². The highest BCUT2D eigenvalue weighted by Crippen LogP contribution is 2.50. The number of benzene rings is 4. The van der Waals surface area contributed by atoms with Crippen LogP contribution in [0.3, 0.4) is 0 Å². The number of hydrogen-bond donors (Lipinski definition) is 1. The first kappa shape index (κ1) is 19.4.